The number of nitrogen functional groups attached to an aromatic ring is 1. The summed E-state index contributed by atoms with van der Waals surface area (Å²) in [4.78, 5) is 4.10. The summed E-state index contributed by atoms with van der Waals surface area (Å²) in [6, 6.07) is 6.28. The molecule has 3 nitrogen and oxygen atoms in total. The van der Waals surface area contributed by atoms with E-state index in [1.54, 1.807) is 0 Å². The van der Waals surface area contributed by atoms with Gasteiger partial charge in [-0.25, -0.2) is 0 Å². The van der Waals surface area contributed by atoms with Gasteiger partial charge in [-0.2, -0.15) is 4.98 Å². The molecule has 1 aromatic heterocycles. The number of rotatable bonds is 2. The van der Waals surface area contributed by atoms with Gasteiger partial charge in [-0.15, -0.1) is 0 Å². The van der Waals surface area contributed by atoms with Gasteiger partial charge in [-0.05, 0) is 30.0 Å². The number of aromatic nitrogens is 1. The lowest BCUT2D eigenvalue weighted by molar-refractivity contribution is 0.626. The highest BCUT2D eigenvalue weighted by Gasteiger charge is 2.07. The van der Waals surface area contributed by atoms with Crippen molar-refractivity contribution in [3.63, 3.8) is 0 Å². The van der Waals surface area contributed by atoms with Gasteiger partial charge in [0.05, 0.1) is 0 Å². The molecule has 2 N–H and O–H groups in total. The molecule has 0 spiro atoms. The van der Waals surface area contributed by atoms with Crippen LogP contribution in [0.1, 0.15) is 31.7 Å². The van der Waals surface area contributed by atoms with Gasteiger partial charge >= 0.3 is 0 Å². The van der Waals surface area contributed by atoms with Crippen molar-refractivity contribution in [2.45, 2.75) is 26.2 Å². The Balaban J connectivity index is 2.50. The second kappa shape index (κ2) is 3.33. The molecule has 0 aliphatic carbocycles. The summed E-state index contributed by atoms with van der Waals surface area (Å²) in [6.45, 7) is 4.37. The van der Waals surface area contributed by atoms with Gasteiger partial charge in [-0.1, -0.05) is 19.9 Å². The van der Waals surface area contributed by atoms with Gasteiger partial charge in [0.1, 0.15) is 5.52 Å². The van der Waals surface area contributed by atoms with E-state index in [0.717, 1.165) is 17.5 Å². The van der Waals surface area contributed by atoms with Gasteiger partial charge in [0.2, 0.25) is 0 Å². The minimum absolute atomic E-state index is 0.237. The average molecular weight is 190 g/mol. The van der Waals surface area contributed by atoms with E-state index >= 15 is 0 Å². The zero-order chi connectivity index (χ0) is 10.1. The summed E-state index contributed by atoms with van der Waals surface area (Å²) in [5.41, 5.74) is 8.36. The fourth-order valence-electron chi connectivity index (χ4n) is 1.50. The number of hydrogen-bond donors (Lipinski definition) is 1. The van der Waals surface area contributed by atoms with Crippen molar-refractivity contribution in [2.24, 2.45) is 0 Å². The number of anilines is 1. The van der Waals surface area contributed by atoms with E-state index < -0.39 is 0 Å². The second-order valence-corrected chi connectivity index (χ2v) is 3.59. The Hall–Kier alpha value is -1.51. The summed E-state index contributed by atoms with van der Waals surface area (Å²) >= 11 is 0. The molecule has 0 aliphatic heterocycles. The van der Waals surface area contributed by atoms with Gasteiger partial charge < -0.3 is 10.2 Å². The normalized spacial score (nSPS) is 13.3. The fraction of sp³-hybridized carbons (Fsp3) is 0.364. The molecule has 0 bridgehead atoms. The van der Waals surface area contributed by atoms with E-state index in [-0.39, 0.29) is 6.01 Å². The first-order valence-electron chi connectivity index (χ1n) is 4.86. The summed E-state index contributed by atoms with van der Waals surface area (Å²) < 4.78 is 5.20. The van der Waals surface area contributed by atoms with Gasteiger partial charge in [-0.3, -0.25) is 0 Å². The van der Waals surface area contributed by atoms with Crippen molar-refractivity contribution in [1.29, 1.82) is 0 Å². The first kappa shape index (κ1) is 9.06. The highest BCUT2D eigenvalue weighted by molar-refractivity contribution is 5.75. The third-order valence-electron chi connectivity index (χ3n) is 2.61. The largest absolute Gasteiger partial charge is 0.424 e. The van der Waals surface area contributed by atoms with Crippen LogP contribution in [0.4, 0.5) is 6.01 Å². The summed E-state index contributed by atoms with van der Waals surface area (Å²) in [5.74, 6) is 0.553. The Morgan fingerprint density at radius 2 is 2.29 bits per heavy atom. The van der Waals surface area contributed by atoms with E-state index in [4.69, 9.17) is 10.2 Å². The quantitative estimate of drug-likeness (QED) is 0.792. The van der Waals surface area contributed by atoms with Crippen molar-refractivity contribution < 1.29 is 4.42 Å². The van der Waals surface area contributed by atoms with E-state index in [0.29, 0.717) is 5.92 Å². The predicted molar refractivity (Wildman–Crippen MR) is 57.1 cm³/mol. The van der Waals surface area contributed by atoms with Crippen LogP contribution >= 0.6 is 0 Å². The lowest BCUT2D eigenvalue weighted by Crippen LogP contribution is -1.90. The van der Waals surface area contributed by atoms with Crippen LogP contribution in [-0.2, 0) is 0 Å². The number of hydrogen-bond acceptors (Lipinski definition) is 3. The molecule has 3 heteroatoms. The van der Waals surface area contributed by atoms with E-state index in [1.165, 1.54) is 5.56 Å². The number of nitrogens with two attached hydrogens (primary N) is 1. The first-order valence-corrected chi connectivity index (χ1v) is 4.86. The Morgan fingerprint density at radius 3 is 3.00 bits per heavy atom. The van der Waals surface area contributed by atoms with Crippen LogP contribution < -0.4 is 5.73 Å². The molecule has 0 saturated heterocycles. The number of oxazole rings is 1. The molecule has 0 aliphatic rings. The molecule has 0 amide bonds. The maximum absolute atomic E-state index is 5.47. The zero-order valence-electron chi connectivity index (χ0n) is 8.45. The molecule has 74 valence electrons. The van der Waals surface area contributed by atoms with Gasteiger partial charge in [0.15, 0.2) is 5.58 Å². The molecular formula is C11H14N2O. The predicted octanol–water partition coefficient (Wildman–Crippen LogP) is 2.92. The van der Waals surface area contributed by atoms with Crippen LogP contribution in [0.3, 0.4) is 0 Å². The topological polar surface area (TPSA) is 52.0 Å². The number of nitrogens with zero attached hydrogens (tertiary/aromatic N) is 1. The van der Waals surface area contributed by atoms with Gasteiger partial charge in [0, 0.05) is 0 Å². The van der Waals surface area contributed by atoms with E-state index in [2.05, 4.69) is 24.9 Å². The van der Waals surface area contributed by atoms with E-state index in [9.17, 15) is 0 Å². The minimum Gasteiger partial charge on any atom is -0.424 e. The van der Waals surface area contributed by atoms with Crippen molar-refractivity contribution in [3.05, 3.63) is 23.8 Å². The third-order valence-corrected chi connectivity index (χ3v) is 2.61. The molecule has 0 fully saturated rings. The molecule has 2 aromatic rings. The molecule has 1 unspecified atom stereocenters. The maximum atomic E-state index is 5.47. The molecule has 0 saturated carbocycles. The van der Waals surface area contributed by atoms with Crippen molar-refractivity contribution >= 4 is 17.1 Å². The molecule has 2 rings (SSSR count). The molecule has 1 heterocycles. The van der Waals surface area contributed by atoms with Gasteiger partial charge in [0.25, 0.3) is 6.01 Å². The highest BCUT2D eigenvalue weighted by Crippen LogP contribution is 2.24. The summed E-state index contributed by atoms with van der Waals surface area (Å²) in [5, 5.41) is 0. The summed E-state index contributed by atoms with van der Waals surface area (Å²) in [7, 11) is 0. The van der Waals surface area contributed by atoms with Crippen LogP contribution in [0.15, 0.2) is 22.6 Å². The highest BCUT2D eigenvalue weighted by atomic mass is 16.4. The maximum Gasteiger partial charge on any atom is 0.292 e. The smallest absolute Gasteiger partial charge is 0.292 e. The second-order valence-electron chi connectivity index (χ2n) is 3.59. The monoisotopic (exact) mass is 190 g/mol. The Labute approximate surface area is 82.9 Å². The lowest BCUT2D eigenvalue weighted by atomic mass is 9.98. The number of fused-ring (bicyclic) bond motifs is 1. The Kier molecular flexibility index (Phi) is 2.15. The van der Waals surface area contributed by atoms with Crippen molar-refractivity contribution in [3.8, 4) is 0 Å². The molecule has 14 heavy (non-hydrogen) atoms. The van der Waals surface area contributed by atoms with Crippen LogP contribution in [-0.4, -0.2) is 4.98 Å². The SMILES string of the molecule is CCC(C)c1ccc2oc(N)nc2c1. The summed E-state index contributed by atoms with van der Waals surface area (Å²) in [6.07, 6.45) is 1.12. The Bertz CT molecular complexity index is 447. The molecule has 0 radical (unpaired) electrons. The third kappa shape index (κ3) is 1.45. The van der Waals surface area contributed by atoms with E-state index in [1.807, 2.05) is 12.1 Å². The Morgan fingerprint density at radius 1 is 1.50 bits per heavy atom. The van der Waals surface area contributed by atoms with Crippen LogP contribution in [0.25, 0.3) is 11.1 Å². The lowest BCUT2D eigenvalue weighted by Gasteiger charge is -2.07. The minimum atomic E-state index is 0.237. The standard InChI is InChI=1S/C11H14N2O/c1-3-7(2)8-4-5-10-9(6-8)13-11(12)14-10/h4-7H,3H2,1-2H3,(H2,12,13). The average Bonchev–Trinajstić information content (AvgIpc) is 2.55. The van der Waals surface area contributed by atoms with Crippen molar-refractivity contribution in [1.82, 2.24) is 4.98 Å². The molecular weight excluding hydrogens is 176 g/mol. The fourth-order valence-corrected chi connectivity index (χ4v) is 1.50. The van der Waals surface area contributed by atoms with Crippen LogP contribution in [0, 0.1) is 0 Å². The first-order chi connectivity index (χ1) is 6.70. The number of benzene rings is 1. The zero-order valence-corrected chi connectivity index (χ0v) is 8.45. The van der Waals surface area contributed by atoms with Crippen LogP contribution in [0.5, 0.6) is 0 Å². The van der Waals surface area contributed by atoms with Crippen molar-refractivity contribution in [2.75, 3.05) is 5.73 Å². The molecule has 1 aromatic carbocycles. The van der Waals surface area contributed by atoms with Crippen LogP contribution in [0.2, 0.25) is 0 Å². The molecule has 1 atom stereocenters.